The molecule has 1 fully saturated rings. The van der Waals surface area contributed by atoms with Crippen molar-refractivity contribution in [3.63, 3.8) is 0 Å². The number of ether oxygens (including phenoxy) is 1. The Bertz CT molecular complexity index is 1260. The highest BCUT2D eigenvalue weighted by molar-refractivity contribution is 5.63. The Morgan fingerprint density at radius 1 is 0.938 bits per heavy atom. The van der Waals surface area contributed by atoms with E-state index >= 15 is 0 Å². The first-order valence-corrected chi connectivity index (χ1v) is 10.4. The van der Waals surface area contributed by atoms with Crippen LogP contribution in [-0.4, -0.2) is 44.2 Å². The summed E-state index contributed by atoms with van der Waals surface area (Å²) in [5.74, 6) is 0.604. The van der Waals surface area contributed by atoms with Crippen molar-refractivity contribution >= 4 is 5.95 Å². The monoisotopic (exact) mass is 426 g/mol. The fourth-order valence-electron chi connectivity index (χ4n) is 3.85. The van der Waals surface area contributed by atoms with Crippen LogP contribution in [0.3, 0.4) is 0 Å². The lowest BCUT2D eigenvalue weighted by Gasteiger charge is -2.34. The molecule has 5 rings (SSSR count). The van der Waals surface area contributed by atoms with Crippen LogP contribution in [-0.2, 0) is 11.8 Å². The van der Waals surface area contributed by atoms with E-state index in [1.165, 1.54) is 12.4 Å². The SMILES string of the molecule is Cn1c(N2CCOC(c3ccc(-c4ccncc4)cc3)C2)nc(-c2ccncn2)cc1=O. The summed E-state index contributed by atoms with van der Waals surface area (Å²) in [5, 5.41) is 0. The van der Waals surface area contributed by atoms with Crippen LogP contribution in [0.25, 0.3) is 22.5 Å². The van der Waals surface area contributed by atoms with Gasteiger partial charge in [0.05, 0.1) is 24.5 Å². The van der Waals surface area contributed by atoms with Crippen LogP contribution in [0, 0.1) is 0 Å². The van der Waals surface area contributed by atoms with Crippen LogP contribution in [0.1, 0.15) is 11.7 Å². The number of anilines is 1. The number of benzene rings is 1. The molecule has 0 saturated carbocycles. The van der Waals surface area contributed by atoms with Crippen LogP contribution >= 0.6 is 0 Å². The van der Waals surface area contributed by atoms with E-state index in [9.17, 15) is 4.79 Å². The summed E-state index contributed by atoms with van der Waals surface area (Å²) in [7, 11) is 1.74. The molecule has 1 aliphatic heterocycles. The lowest BCUT2D eigenvalue weighted by Crippen LogP contribution is -2.41. The van der Waals surface area contributed by atoms with Gasteiger partial charge in [0.15, 0.2) is 0 Å². The van der Waals surface area contributed by atoms with Gasteiger partial charge in [0.2, 0.25) is 5.95 Å². The zero-order valence-corrected chi connectivity index (χ0v) is 17.6. The van der Waals surface area contributed by atoms with E-state index in [0.29, 0.717) is 37.0 Å². The largest absolute Gasteiger partial charge is 0.370 e. The number of rotatable bonds is 4. The third-order valence-corrected chi connectivity index (χ3v) is 5.60. The van der Waals surface area contributed by atoms with E-state index in [2.05, 4.69) is 44.1 Å². The highest BCUT2D eigenvalue weighted by atomic mass is 16.5. The molecule has 1 unspecified atom stereocenters. The van der Waals surface area contributed by atoms with Gasteiger partial charge in [-0.3, -0.25) is 14.3 Å². The Labute approximate surface area is 185 Å². The highest BCUT2D eigenvalue weighted by Gasteiger charge is 2.25. The van der Waals surface area contributed by atoms with Crippen molar-refractivity contribution < 1.29 is 4.74 Å². The average Bonchev–Trinajstić information content (AvgIpc) is 2.87. The second kappa shape index (κ2) is 8.68. The lowest BCUT2D eigenvalue weighted by molar-refractivity contribution is 0.0390. The van der Waals surface area contributed by atoms with Gasteiger partial charge in [0.25, 0.3) is 5.56 Å². The normalized spacial score (nSPS) is 16.2. The Kier molecular flexibility index (Phi) is 5.43. The molecule has 0 N–H and O–H groups in total. The molecule has 1 saturated heterocycles. The molecule has 8 heteroatoms. The molecule has 4 heterocycles. The molecule has 0 radical (unpaired) electrons. The molecule has 8 nitrogen and oxygen atoms in total. The van der Waals surface area contributed by atoms with Gasteiger partial charge in [0, 0.05) is 38.2 Å². The minimum Gasteiger partial charge on any atom is -0.370 e. The summed E-state index contributed by atoms with van der Waals surface area (Å²) in [5.41, 5.74) is 4.37. The average molecular weight is 426 g/mol. The molecule has 1 atom stereocenters. The van der Waals surface area contributed by atoms with Gasteiger partial charge in [-0.05, 0) is 34.9 Å². The number of morpholine rings is 1. The standard InChI is InChI=1S/C24H22N6O2/c1-29-23(31)14-21(20-8-11-26-16-27-20)28-24(29)30-12-13-32-22(15-30)19-4-2-17(3-5-19)18-6-9-25-10-7-18/h2-11,14,16,22H,12-13,15H2,1H3. The molecule has 0 bridgehead atoms. The molecule has 3 aromatic heterocycles. The molecule has 32 heavy (non-hydrogen) atoms. The minimum atomic E-state index is -0.131. The number of nitrogens with zero attached hydrogens (tertiary/aromatic N) is 6. The van der Waals surface area contributed by atoms with Crippen LogP contribution in [0.4, 0.5) is 5.95 Å². The van der Waals surface area contributed by atoms with Gasteiger partial charge >= 0.3 is 0 Å². The Morgan fingerprint density at radius 2 is 1.69 bits per heavy atom. The van der Waals surface area contributed by atoms with Gasteiger partial charge in [-0.1, -0.05) is 24.3 Å². The van der Waals surface area contributed by atoms with Crippen LogP contribution in [0.5, 0.6) is 0 Å². The first kappa shape index (κ1) is 20.0. The predicted octanol–water partition coefficient (Wildman–Crippen LogP) is 2.88. The molecule has 0 amide bonds. The van der Waals surface area contributed by atoms with E-state index in [1.807, 2.05) is 12.1 Å². The summed E-state index contributed by atoms with van der Waals surface area (Å²) in [4.78, 5) is 31.7. The smallest absolute Gasteiger partial charge is 0.255 e. The molecule has 1 aromatic carbocycles. The lowest BCUT2D eigenvalue weighted by atomic mass is 10.0. The van der Waals surface area contributed by atoms with Gasteiger partial charge in [0.1, 0.15) is 12.4 Å². The summed E-state index contributed by atoms with van der Waals surface area (Å²) >= 11 is 0. The quantitative estimate of drug-likeness (QED) is 0.496. The van der Waals surface area contributed by atoms with Gasteiger partial charge in [-0.25, -0.2) is 15.0 Å². The number of aromatic nitrogens is 5. The number of pyridine rings is 1. The summed E-state index contributed by atoms with van der Waals surface area (Å²) in [6.45, 7) is 1.80. The number of hydrogen-bond donors (Lipinski definition) is 0. The second-order valence-corrected chi connectivity index (χ2v) is 7.60. The van der Waals surface area contributed by atoms with E-state index in [-0.39, 0.29) is 11.7 Å². The van der Waals surface area contributed by atoms with E-state index in [4.69, 9.17) is 9.72 Å². The summed E-state index contributed by atoms with van der Waals surface area (Å²) in [6.07, 6.45) is 6.56. The third kappa shape index (κ3) is 4.00. The van der Waals surface area contributed by atoms with Gasteiger partial charge < -0.3 is 9.64 Å². The van der Waals surface area contributed by atoms with Crippen LogP contribution in [0.15, 0.2) is 78.2 Å². The van der Waals surface area contributed by atoms with Crippen molar-refractivity contribution in [1.82, 2.24) is 24.5 Å². The molecule has 4 aromatic rings. The van der Waals surface area contributed by atoms with Crippen molar-refractivity contribution in [2.45, 2.75) is 6.10 Å². The van der Waals surface area contributed by atoms with E-state index in [0.717, 1.165) is 16.7 Å². The highest BCUT2D eigenvalue weighted by Crippen LogP contribution is 2.28. The second-order valence-electron chi connectivity index (χ2n) is 7.60. The Balaban J connectivity index is 1.41. The molecule has 0 spiro atoms. The van der Waals surface area contributed by atoms with Crippen molar-refractivity contribution in [2.75, 3.05) is 24.6 Å². The first-order chi connectivity index (χ1) is 15.7. The topological polar surface area (TPSA) is 86.0 Å². The van der Waals surface area contributed by atoms with Crippen molar-refractivity contribution in [3.8, 4) is 22.5 Å². The predicted molar refractivity (Wildman–Crippen MR) is 121 cm³/mol. The van der Waals surface area contributed by atoms with Crippen LogP contribution < -0.4 is 10.5 Å². The van der Waals surface area contributed by atoms with Crippen molar-refractivity contribution in [3.05, 3.63) is 89.4 Å². The molecule has 0 aliphatic carbocycles. The van der Waals surface area contributed by atoms with Crippen molar-refractivity contribution in [2.24, 2.45) is 7.05 Å². The van der Waals surface area contributed by atoms with E-state index in [1.54, 1.807) is 36.3 Å². The third-order valence-electron chi connectivity index (χ3n) is 5.60. The zero-order valence-electron chi connectivity index (χ0n) is 17.6. The minimum absolute atomic E-state index is 0.116. The van der Waals surface area contributed by atoms with Crippen LogP contribution in [0.2, 0.25) is 0 Å². The maximum Gasteiger partial charge on any atom is 0.255 e. The van der Waals surface area contributed by atoms with Gasteiger partial charge in [-0.2, -0.15) is 0 Å². The fraction of sp³-hybridized carbons (Fsp3) is 0.208. The number of hydrogen-bond acceptors (Lipinski definition) is 7. The van der Waals surface area contributed by atoms with Gasteiger partial charge in [-0.15, -0.1) is 0 Å². The zero-order chi connectivity index (χ0) is 21.9. The molecular weight excluding hydrogens is 404 g/mol. The first-order valence-electron chi connectivity index (χ1n) is 10.4. The maximum atomic E-state index is 12.6. The molecular formula is C24H22N6O2. The Hall–Kier alpha value is -3.91. The van der Waals surface area contributed by atoms with E-state index < -0.39 is 0 Å². The fourth-order valence-corrected chi connectivity index (χ4v) is 3.85. The summed E-state index contributed by atoms with van der Waals surface area (Å²) in [6, 6.07) is 15.6. The van der Waals surface area contributed by atoms with Crippen molar-refractivity contribution in [1.29, 1.82) is 0 Å². The summed E-state index contributed by atoms with van der Waals surface area (Å²) < 4.78 is 7.63. The maximum absolute atomic E-state index is 12.6. The Morgan fingerprint density at radius 3 is 2.44 bits per heavy atom. The molecule has 1 aliphatic rings. The molecule has 160 valence electrons.